The SMILES string of the molecule is COCc1nc2c(C(C)(C)O)cccc2n1Cc1ccc2c(c1)COc1cc(F)ccc1C2=C(C)c1noc(=O)[nH]1. The van der Waals surface area contributed by atoms with Crippen LogP contribution >= 0.6 is 0 Å². The Hall–Kier alpha value is -4.54. The molecule has 0 bridgehead atoms. The van der Waals surface area contributed by atoms with Crippen molar-refractivity contribution in [2.75, 3.05) is 7.11 Å². The summed E-state index contributed by atoms with van der Waals surface area (Å²) in [4.78, 5) is 19.2. The van der Waals surface area contributed by atoms with Gasteiger partial charge in [0.15, 0.2) is 5.82 Å². The number of rotatable bonds is 6. The maximum absolute atomic E-state index is 14.2. The highest BCUT2D eigenvalue weighted by Gasteiger charge is 2.25. The second-order valence-corrected chi connectivity index (χ2v) is 10.6. The van der Waals surface area contributed by atoms with Crippen molar-refractivity contribution in [2.24, 2.45) is 0 Å². The number of para-hydroxylation sites is 1. The fourth-order valence-electron chi connectivity index (χ4n) is 5.43. The van der Waals surface area contributed by atoms with E-state index in [1.807, 2.05) is 37.3 Å². The zero-order valence-corrected chi connectivity index (χ0v) is 23.1. The first-order valence-electron chi connectivity index (χ1n) is 13.2. The fraction of sp³-hybridized carbons (Fsp3) is 0.258. The molecule has 210 valence electrons. The fourth-order valence-corrected chi connectivity index (χ4v) is 5.43. The van der Waals surface area contributed by atoms with E-state index in [1.165, 1.54) is 12.1 Å². The molecule has 10 heteroatoms. The predicted molar refractivity (Wildman–Crippen MR) is 151 cm³/mol. The third-order valence-electron chi connectivity index (χ3n) is 7.34. The van der Waals surface area contributed by atoms with E-state index in [-0.39, 0.29) is 12.4 Å². The molecule has 0 saturated carbocycles. The molecule has 1 aliphatic rings. The standard InChI is InChI=1S/C31H29FN4O5/c1-17(29-34-30(37)41-35-29)27-21-10-8-18(12-19(21)15-40-25-13-20(32)9-11-22(25)27)14-36-24-7-5-6-23(31(2,3)38)28(24)33-26(36)16-39-4/h5-13,38H,14-16H2,1-4H3,(H,34,35,37). The molecule has 0 spiro atoms. The van der Waals surface area contributed by atoms with Crippen molar-refractivity contribution in [3.05, 3.63) is 110 Å². The van der Waals surface area contributed by atoms with Crippen molar-refractivity contribution in [2.45, 2.75) is 46.1 Å². The van der Waals surface area contributed by atoms with Gasteiger partial charge in [0.25, 0.3) is 0 Å². The number of ether oxygens (including phenoxy) is 2. The van der Waals surface area contributed by atoms with Gasteiger partial charge < -0.3 is 19.1 Å². The van der Waals surface area contributed by atoms with E-state index in [1.54, 1.807) is 27.0 Å². The van der Waals surface area contributed by atoms with Crippen LogP contribution in [0.25, 0.3) is 22.2 Å². The number of hydrogen-bond donors (Lipinski definition) is 2. The van der Waals surface area contributed by atoms with Crippen molar-refractivity contribution < 1.29 is 23.5 Å². The first-order chi connectivity index (χ1) is 19.6. The summed E-state index contributed by atoms with van der Waals surface area (Å²) in [5.74, 6) is 0.343. The lowest BCUT2D eigenvalue weighted by Crippen LogP contribution is -2.16. The molecule has 2 N–H and O–H groups in total. The largest absolute Gasteiger partial charge is 0.488 e. The topological polar surface area (TPSA) is 115 Å². The molecule has 0 saturated heterocycles. The minimum atomic E-state index is -1.06. The van der Waals surface area contributed by atoms with E-state index in [0.29, 0.717) is 30.0 Å². The van der Waals surface area contributed by atoms with Crippen LogP contribution in [0.2, 0.25) is 0 Å². The number of nitrogens with zero attached hydrogens (tertiary/aromatic N) is 3. The van der Waals surface area contributed by atoms with Crippen molar-refractivity contribution >= 4 is 22.2 Å². The summed E-state index contributed by atoms with van der Waals surface area (Å²) in [6.07, 6.45) is 0. The molecule has 3 aromatic carbocycles. The van der Waals surface area contributed by atoms with Gasteiger partial charge in [-0.3, -0.25) is 9.51 Å². The second kappa shape index (κ2) is 10.1. The number of aromatic nitrogens is 4. The summed E-state index contributed by atoms with van der Waals surface area (Å²) in [6, 6.07) is 16.3. The van der Waals surface area contributed by atoms with Crippen LogP contribution in [0.5, 0.6) is 5.75 Å². The highest BCUT2D eigenvalue weighted by molar-refractivity contribution is 5.99. The molecule has 3 heterocycles. The second-order valence-electron chi connectivity index (χ2n) is 10.6. The van der Waals surface area contributed by atoms with E-state index in [2.05, 4.69) is 20.8 Å². The Morgan fingerprint density at radius 3 is 2.71 bits per heavy atom. The maximum Gasteiger partial charge on any atom is 0.439 e. The van der Waals surface area contributed by atoms with Crippen molar-refractivity contribution in [1.29, 1.82) is 0 Å². The zero-order valence-electron chi connectivity index (χ0n) is 23.1. The molecule has 6 rings (SSSR count). The molecule has 0 unspecified atom stereocenters. The lowest BCUT2D eigenvalue weighted by molar-refractivity contribution is 0.0800. The lowest BCUT2D eigenvalue weighted by atomic mass is 9.89. The number of methoxy groups -OCH3 is 1. The van der Waals surface area contributed by atoms with Crippen LogP contribution < -0.4 is 10.5 Å². The Morgan fingerprint density at radius 1 is 1.17 bits per heavy atom. The molecule has 41 heavy (non-hydrogen) atoms. The number of H-pyrrole nitrogens is 1. The smallest absolute Gasteiger partial charge is 0.439 e. The third kappa shape index (κ3) is 4.85. The first kappa shape index (κ1) is 26.7. The number of imidazole rings is 1. The van der Waals surface area contributed by atoms with Crippen molar-refractivity contribution in [1.82, 2.24) is 19.7 Å². The number of fused-ring (bicyclic) bond motifs is 3. The van der Waals surface area contributed by atoms with Crippen LogP contribution in [0.15, 0.2) is 63.9 Å². The Balaban J connectivity index is 1.48. The molecule has 2 aromatic heterocycles. The summed E-state index contributed by atoms with van der Waals surface area (Å²) in [5.41, 5.74) is 6.13. The summed E-state index contributed by atoms with van der Waals surface area (Å²) in [5, 5.41) is 14.6. The van der Waals surface area contributed by atoms with Gasteiger partial charge in [-0.05, 0) is 67.3 Å². The van der Waals surface area contributed by atoms with Crippen LogP contribution in [-0.2, 0) is 30.1 Å². The van der Waals surface area contributed by atoms with Gasteiger partial charge in [0, 0.05) is 36.4 Å². The van der Waals surface area contributed by atoms with Crippen molar-refractivity contribution in [3.63, 3.8) is 0 Å². The maximum atomic E-state index is 14.2. The number of aromatic amines is 1. The molecule has 0 amide bonds. The zero-order chi connectivity index (χ0) is 28.9. The number of nitrogens with one attached hydrogen (secondary N) is 1. The molecule has 1 aliphatic heterocycles. The first-order valence-corrected chi connectivity index (χ1v) is 13.2. The summed E-state index contributed by atoms with van der Waals surface area (Å²) >= 11 is 0. The molecule has 9 nitrogen and oxygen atoms in total. The number of hydrogen-bond acceptors (Lipinski definition) is 7. The molecular formula is C31H29FN4O5. The van der Waals surface area contributed by atoms with Gasteiger partial charge in [-0.25, -0.2) is 14.2 Å². The van der Waals surface area contributed by atoms with Crippen LogP contribution in [-0.4, -0.2) is 31.9 Å². The van der Waals surface area contributed by atoms with Crippen LogP contribution in [0.4, 0.5) is 4.39 Å². The van der Waals surface area contributed by atoms with Gasteiger partial charge >= 0.3 is 5.76 Å². The quantitative estimate of drug-likeness (QED) is 0.297. The van der Waals surface area contributed by atoms with E-state index >= 15 is 0 Å². The highest BCUT2D eigenvalue weighted by Crippen LogP contribution is 2.41. The Morgan fingerprint density at radius 2 is 1.98 bits per heavy atom. The number of allylic oxidation sites excluding steroid dienone is 1. The monoisotopic (exact) mass is 556 g/mol. The summed E-state index contributed by atoms with van der Waals surface area (Å²) in [7, 11) is 1.62. The van der Waals surface area contributed by atoms with Crippen molar-refractivity contribution in [3.8, 4) is 5.75 Å². The lowest BCUT2D eigenvalue weighted by Gasteiger charge is -2.18. The number of halogens is 1. The average molecular weight is 557 g/mol. The molecule has 0 atom stereocenters. The van der Waals surface area contributed by atoms with E-state index in [9.17, 15) is 14.3 Å². The van der Waals surface area contributed by atoms with E-state index in [4.69, 9.17) is 19.0 Å². The summed E-state index contributed by atoms with van der Waals surface area (Å²) < 4.78 is 32.6. The van der Waals surface area contributed by atoms with Gasteiger partial charge in [0.2, 0.25) is 0 Å². The minimum absolute atomic E-state index is 0.212. The van der Waals surface area contributed by atoms with E-state index < -0.39 is 17.2 Å². The molecule has 0 radical (unpaired) electrons. The van der Waals surface area contributed by atoms with Crippen LogP contribution in [0.1, 0.15) is 60.2 Å². The number of aliphatic hydroxyl groups is 1. The van der Waals surface area contributed by atoms with Crippen LogP contribution in [0.3, 0.4) is 0 Å². The minimum Gasteiger partial charge on any atom is -0.488 e. The molecular weight excluding hydrogens is 527 g/mol. The average Bonchev–Trinajstić information content (AvgIpc) is 3.47. The molecule has 0 fully saturated rings. The van der Waals surface area contributed by atoms with Gasteiger partial charge in [-0.15, -0.1) is 0 Å². The Kier molecular flexibility index (Phi) is 6.59. The van der Waals surface area contributed by atoms with E-state index in [0.717, 1.165) is 44.7 Å². The van der Waals surface area contributed by atoms with Gasteiger partial charge in [0.1, 0.15) is 30.6 Å². The van der Waals surface area contributed by atoms with Gasteiger partial charge in [-0.2, -0.15) is 0 Å². The summed E-state index contributed by atoms with van der Waals surface area (Å²) in [6.45, 7) is 6.33. The number of benzene rings is 3. The third-order valence-corrected chi connectivity index (χ3v) is 7.34. The Labute approximate surface area is 234 Å². The molecule has 0 aliphatic carbocycles. The van der Waals surface area contributed by atoms with Crippen LogP contribution in [0, 0.1) is 5.82 Å². The molecule has 5 aromatic rings. The van der Waals surface area contributed by atoms with Gasteiger partial charge in [0.05, 0.1) is 16.6 Å². The normalized spacial score (nSPS) is 14.4. The van der Waals surface area contributed by atoms with Gasteiger partial charge in [-0.1, -0.05) is 29.4 Å². The highest BCUT2D eigenvalue weighted by atomic mass is 19.1. The predicted octanol–water partition coefficient (Wildman–Crippen LogP) is 5.15. The Bertz CT molecular complexity index is 1880.